The number of nitrogens with zero attached hydrogens (tertiary/aromatic N) is 4. The number of aromatic nitrogens is 4. The fourth-order valence-corrected chi connectivity index (χ4v) is 2.74. The van der Waals surface area contributed by atoms with Crippen LogP contribution in [-0.2, 0) is 11.2 Å². The van der Waals surface area contributed by atoms with Crippen LogP contribution in [0.15, 0.2) is 36.9 Å². The summed E-state index contributed by atoms with van der Waals surface area (Å²) >= 11 is 0. The first-order valence-electron chi connectivity index (χ1n) is 8.32. The lowest BCUT2D eigenvalue weighted by molar-refractivity contribution is -0.120. The fourth-order valence-electron chi connectivity index (χ4n) is 2.74. The normalized spacial score (nSPS) is 12.1. The summed E-state index contributed by atoms with van der Waals surface area (Å²) in [6.07, 6.45) is 4.02. The van der Waals surface area contributed by atoms with Crippen LogP contribution in [0.5, 0.6) is 0 Å². The maximum absolute atomic E-state index is 12.4. The molecule has 0 bridgehead atoms. The number of H-pyrrole nitrogens is 1. The topological polar surface area (TPSA) is 86.8 Å². The minimum absolute atomic E-state index is 0.0515. The highest BCUT2D eigenvalue weighted by molar-refractivity contribution is 5.87. The van der Waals surface area contributed by atoms with Crippen molar-refractivity contribution in [3.8, 4) is 0 Å². The maximum Gasteiger partial charge on any atom is 0.240 e. The molecular formula is C18H22N6O. The fraction of sp³-hybridized carbons (Fsp3) is 0.333. The Labute approximate surface area is 146 Å². The van der Waals surface area contributed by atoms with E-state index in [0.29, 0.717) is 11.5 Å². The lowest BCUT2D eigenvalue weighted by Crippen LogP contribution is -2.37. The SMILES string of the molecule is CCc1ccc(C(C)NC(=O)CN(C)c2ncnc3nc[nH]c23)cc1. The zero-order chi connectivity index (χ0) is 17.8. The molecule has 0 aliphatic carbocycles. The number of hydrogen-bond donors (Lipinski definition) is 2. The van der Waals surface area contributed by atoms with Gasteiger partial charge in [0.15, 0.2) is 11.5 Å². The van der Waals surface area contributed by atoms with Gasteiger partial charge in [-0.2, -0.15) is 0 Å². The summed E-state index contributed by atoms with van der Waals surface area (Å²) in [4.78, 5) is 29.6. The molecule has 2 aromatic heterocycles. The van der Waals surface area contributed by atoms with E-state index in [1.807, 2.05) is 14.0 Å². The van der Waals surface area contributed by atoms with Gasteiger partial charge in [0.05, 0.1) is 18.9 Å². The molecule has 1 aromatic carbocycles. The van der Waals surface area contributed by atoms with Gasteiger partial charge in [-0.25, -0.2) is 15.0 Å². The van der Waals surface area contributed by atoms with Crippen LogP contribution < -0.4 is 10.2 Å². The predicted molar refractivity (Wildman–Crippen MR) is 97.3 cm³/mol. The van der Waals surface area contributed by atoms with Crippen molar-refractivity contribution in [2.24, 2.45) is 0 Å². The molecule has 0 aliphatic heterocycles. The summed E-state index contributed by atoms with van der Waals surface area (Å²) in [6, 6.07) is 8.27. The predicted octanol–water partition coefficient (Wildman–Crippen LogP) is 2.23. The Morgan fingerprint density at radius 3 is 2.72 bits per heavy atom. The molecule has 130 valence electrons. The van der Waals surface area contributed by atoms with Crippen LogP contribution >= 0.6 is 0 Å². The summed E-state index contributed by atoms with van der Waals surface area (Å²) in [6.45, 7) is 4.30. The van der Waals surface area contributed by atoms with E-state index in [4.69, 9.17) is 0 Å². The third-order valence-electron chi connectivity index (χ3n) is 4.21. The quantitative estimate of drug-likeness (QED) is 0.720. The number of aromatic amines is 1. The molecule has 1 unspecified atom stereocenters. The van der Waals surface area contributed by atoms with Crippen LogP contribution in [0.25, 0.3) is 11.2 Å². The van der Waals surface area contributed by atoms with Gasteiger partial charge in [-0.05, 0) is 24.5 Å². The molecule has 7 nitrogen and oxygen atoms in total. The standard InChI is InChI=1S/C18H22N6O/c1-4-13-5-7-14(8-6-13)12(2)23-15(25)9-24(3)18-16-17(20-10-19-16)21-11-22-18/h5-8,10-12H,4,9H2,1-3H3,(H,23,25)(H,19,20,21,22). The van der Waals surface area contributed by atoms with Crippen LogP contribution in [0.2, 0.25) is 0 Å². The number of amides is 1. The van der Waals surface area contributed by atoms with Crippen LogP contribution in [-0.4, -0.2) is 39.4 Å². The van der Waals surface area contributed by atoms with Gasteiger partial charge >= 0.3 is 0 Å². The second-order valence-electron chi connectivity index (χ2n) is 6.04. The molecule has 7 heteroatoms. The van der Waals surface area contributed by atoms with E-state index in [9.17, 15) is 4.79 Å². The molecule has 1 amide bonds. The average Bonchev–Trinajstić information content (AvgIpc) is 3.10. The molecule has 3 aromatic rings. The van der Waals surface area contributed by atoms with Gasteiger partial charge in [0.25, 0.3) is 0 Å². The first-order valence-corrected chi connectivity index (χ1v) is 8.32. The molecule has 0 aliphatic rings. The van der Waals surface area contributed by atoms with E-state index in [0.717, 1.165) is 17.5 Å². The van der Waals surface area contributed by atoms with Gasteiger partial charge in [0.1, 0.15) is 11.8 Å². The molecule has 2 N–H and O–H groups in total. The van der Waals surface area contributed by atoms with Crippen LogP contribution in [0, 0.1) is 0 Å². The van der Waals surface area contributed by atoms with Crippen molar-refractivity contribution < 1.29 is 4.79 Å². The second-order valence-corrected chi connectivity index (χ2v) is 6.04. The number of hydrogen-bond acceptors (Lipinski definition) is 5. The number of aryl methyl sites for hydroxylation is 1. The van der Waals surface area contributed by atoms with Gasteiger partial charge in [-0.1, -0.05) is 31.2 Å². The number of likely N-dealkylation sites (N-methyl/N-ethyl adjacent to an activating group) is 1. The Kier molecular flexibility index (Phi) is 4.92. The lowest BCUT2D eigenvalue weighted by Gasteiger charge is -2.20. The van der Waals surface area contributed by atoms with E-state index in [-0.39, 0.29) is 18.5 Å². The van der Waals surface area contributed by atoms with Gasteiger partial charge in [0, 0.05) is 7.05 Å². The average molecular weight is 338 g/mol. The summed E-state index contributed by atoms with van der Waals surface area (Å²) in [5, 5.41) is 3.03. The van der Waals surface area contributed by atoms with E-state index >= 15 is 0 Å². The van der Waals surface area contributed by atoms with Crippen molar-refractivity contribution in [2.75, 3.05) is 18.5 Å². The highest BCUT2D eigenvalue weighted by atomic mass is 16.2. The molecule has 0 saturated carbocycles. The molecule has 1 atom stereocenters. The lowest BCUT2D eigenvalue weighted by atomic mass is 10.1. The number of anilines is 1. The minimum Gasteiger partial charge on any atom is -0.348 e. The zero-order valence-electron chi connectivity index (χ0n) is 14.7. The Bertz CT molecular complexity index is 857. The van der Waals surface area contributed by atoms with Gasteiger partial charge in [-0.3, -0.25) is 4.79 Å². The van der Waals surface area contributed by atoms with Crippen molar-refractivity contribution >= 4 is 22.9 Å². The first-order chi connectivity index (χ1) is 12.1. The number of fused-ring (bicyclic) bond motifs is 1. The van der Waals surface area contributed by atoms with Gasteiger partial charge < -0.3 is 15.2 Å². The Morgan fingerprint density at radius 2 is 2.00 bits per heavy atom. The number of nitrogens with one attached hydrogen (secondary N) is 2. The van der Waals surface area contributed by atoms with Crippen molar-refractivity contribution in [3.63, 3.8) is 0 Å². The van der Waals surface area contributed by atoms with Crippen LogP contribution in [0.1, 0.15) is 31.0 Å². The minimum atomic E-state index is -0.0687. The van der Waals surface area contributed by atoms with E-state index in [1.54, 1.807) is 11.2 Å². The Hall–Kier alpha value is -2.96. The number of rotatable bonds is 6. The molecule has 0 saturated heterocycles. The summed E-state index contributed by atoms with van der Waals surface area (Å²) < 4.78 is 0. The van der Waals surface area contributed by atoms with Crippen molar-refractivity contribution in [1.82, 2.24) is 25.3 Å². The molecule has 0 spiro atoms. The summed E-state index contributed by atoms with van der Waals surface area (Å²) in [5.41, 5.74) is 3.68. The number of imidazole rings is 1. The highest BCUT2D eigenvalue weighted by Crippen LogP contribution is 2.18. The van der Waals surface area contributed by atoms with Crippen molar-refractivity contribution in [2.45, 2.75) is 26.3 Å². The Morgan fingerprint density at radius 1 is 1.24 bits per heavy atom. The van der Waals surface area contributed by atoms with Crippen molar-refractivity contribution in [1.29, 1.82) is 0 Å². The monoisotopic (exact) mass is 338 g/mol. The molecule has 0 radical (unpaired) electrons. The molecule has 0 fully saturated rings. The second kappa shape index (κ2) is 7.29. The summed E-state index contributed by atoms with van der Waals surface area (Å²) in [5.74, 6) is 0.582. The molecular weight excluding hydrogens is 316 g/mol. The zero-order valence-corrected chi connectivity index (χ0v) is 14.7. The first kappa shape index (κ1) is 16.9. The third kappa shape index (κ3) is 3.76. The maximum atomic E-state index is 12.4. The largest absolute Gasteiger partial charge is 0.348 e. The smallest absolute Gasteiger partial charge is 0.240 e. The molecule has 2 heterocycles. The van der Waals surface area contributed by atoms with E-state index in [1.165, 1.54) is 11.9 Å². The number of benzene rings is 1. The number of carbonyl (C=O) groups excluding carboxylic acids is 1. The third-order valence-corrected chi connectivity index (χ3v) is 4.21. The van der Waals surface area contributed by atoms with Crippen LogP contribution in [0.4, 0.5) is 5.82 Å². The summed E-state index contributed by atoms with van der Waals surface area (Å²) in [7, 11) is 1.82. The number of carbonyl (C=O) groups is 1. The van der Waals surface area contributed by atoms with Gasteiger partial charge in [0.2, 0.25) is 5.91 Å². The molecule has 3 rings (SSSR count). The Balaban J connectivity index is 1.64. The molecule has 25 heavy (non-hydrogen) atoms. The van der Waals surface area contributed by atoms with E-state index in [2.05, 4.69) is 56.4 Å². The van der Waals surface area contributed by atoms with Crippen LogP contribution in [0.3, 0.4) is 0 Å². The van der Waals surface area contributed by atoms with Crippen molar-refractivity contribution in [3.05, 3.63) is 48.0 Å². The highest BCUT2D eigenvalue weighted by Gasteiger charge is 2.15. The van der Waals surface area contributed by atoms with Gasteiger partial charge in [-0.15, -0.1) is 0 Å². The van der Waals surface area contributed by atoms with E-state index < -0.39 is 0 Å².